The standard InChI is InChI=1S/C20H22N2O4/c1-21(13-7-12-18(23)24)19(25)15-8-6-9-16(14-15)20(26)22(2)17-10-4-3-5-11-17/h3-6,8-11,14H,7,12-13H2,1-2H3,(H,23,24). The van der Waals surface area contributed by atoms with Crippen molar-refractivity contribution in [3.8, 4) is 0 Å². The molecule has 6 nitrogen and oxygen atoms in total. The summed E-state index contributed by atoms with van der Waals surface area (Å²) < 4.78 is 0. The van der Waals surface area contributed by atoms with Crippen LogP contribution in [0.1, 0.15) is 33.6 Å². The van der Waals surface area contributed by atoms with Gasteiger partial charge in [-0.1, -0.05) is 24.3 Å². The molecule has 0 radical (unpaired) electrons. The van der Waals surface area contributed by atoms with Crippen molar-refractivity contribution in [1.82, 2.24) is 4.90 Å². The van der Waals surface area contributed by atoms with Crippen LogP contribution in [-0.2, 0) is 4.79 Å². The minimum atomic E-state index is -0.887. The van der Waals surface area contributed by atoms with Crippen LogP contribution in [0.5, 0.6) is 0 Å². The van der Waals surface area contributed by atoms with E-state index in [1.807, 2.05) is 30.3 Å². The van der Waals surface area contributed by atoms with Crippen LogP contribution in [0.25, 0.3) is 0 Å². The highest BCUT2D eigenvalue weighted by molar-refractivity contribution is 6.07. The van der Waals surface area contributed by atoms with Gasteiger partial charge in [0.1, 0.15) is 0 Å². The SMILES string of the molecule is CN(CCCC(=O)O)C(=O)c1cccc(C(=O)N(C)c2ccccc2)c1. The summed E-state index contributed by atoms with van der Waals surface area (Å²) in [6.45, 7) is 0.341. The molecule has 2 aromatic carbocycles. The van der Waals surface area contributed by atoms with Crippen molar-refractivity contribution >= 4 is 23.5 Å². The van der Waals surface area contributed by atoms with Crippen molar-refractivity contribution in [2.45, 2.75) is 12.8 Å². The number of carboxylic acid groups (broad SMARTS) is 1. The lowest BCUT2D eigenvalue weighted by molar-refractivity contribution is -0.137. The van der Waals surface area contributed by atoms with E-state index < -0.39 is 5.97 Å². The average Bonchev–Trinajstić information content (AvgIpc) is 2.66. The topological polar surface area (TPSA) is 77.9 Å². The summed E-state index contributed by atoms with van der Waals surface area (Å²) in [5.41, 5.74) is 1.58. The summed E-state index contributed by atoms with van der Waals surface area (Å²) in [4.78, 5) is 38.7. The van der Waals surface area contributed by atoms with E-state index in [0.29, 0.717) is 24.1 Å². The summed E-state index contributed by atoms with van der Waals surface area (Å²) in [7, 11) is 3.30. The zero-order valence-corrected chi connectivity index (χ0v) is 14.9. The lowest BCUT2D eigenvalue weighted by Gasteiger charge is -2.19. The van der Waals surface area contributed by atoms with Gasteiger partial charge in [0.05, 0.1) is 0 Å². The van der Waals surface area contributed by atoms with Gasteiger partial charge in [-0.2, -0.15) is 0 Å². The Balaban J connectivity index is 2.10. The summed E-state index contributed by atoms with van der Waals surface area (Å²) in [6.07, 6.45) is 0.394. The monoisotopic (exact) mass is 354 g/mol. The van der Waals surface area contributed by atoms with E-state index >= 15 is 0 Å². The Kier molecular flexibility index (Phi) is 6.49. The molecule has 2 aromatic rings. The highest BCUT2D eigenvalue weighted by Gasteiger charge is 2.17. The number of amides is 2. The van der Waals surface area contributed by atoms with Crippen molar-refractivity contribution < 1.29 is 19.5 Å². The first-order chi connectivity index (χ1) is 12.4. The summed E-state index contributed by atoms with van der Waals surface area (Å²) in [5.74, 6) is -1.34. The number of aliphatic carboxylic acids is 1. The van der Waals surface area contributed by atoms with E-state index in [9.17, 15) is 14.4 Å². The van der Waals surface area contributed by atoms with Gasteiger partial charge in [0.25, 0.3) is 11.8 Å². The summed E-state index contributed by atoms with van der Waals surface area (Å²) in [6, 6.07) is 15.8. The second kappa shape index (κ2) is 8.80. The first-order valence-electron chi connectivity index (χ1n) is 8.30. The summed E-state index contributed by atoms with van der Waals surface area (Å²) >= 11 is 0. The molecular weight excluding hydrogens is 332 g/mol. The second-order valence-electron chi connectivity index (χ2n) is 6.00. The highest BCUT2D eigenvalue weighted by Crippen LogP contribution is 2.16. The molecule has 0 bridgehead atoms. The van der Waals surface area contributed by atoms with E-state index in [0.717, 1.165) is 5.69 Å². The average molecular weight is 354 g/mol. The normalized spacial score (nSPS) is 10.2. The van der Waals surface area contributed by atoms with Gasteiger partial charge in [-0.3, -0.25) is 14.4 Å². The van der Waals surface area contributed by atoms with Gasteiger partial charge in [-0.25, -0.2) is 0 Å². The molecule has 2 amide bonds. The fourth-order valence-electron chi connectivity index (χ4n) is 2.54. The number of hydrogen-bond donors (Lipinski definition) is 1. The quantitative estimate of drug-likeness (QED) is 0.829. The molecule has 0 unspecified atom stereocenters. The minimum Gasteiger partial charge on any atom is -0.481 e. The largest absolute Gasteiger partial charge is 0.481 e. The highest BCUT2D eigenvalue weighted by atomic mass is 16.4. The van der Waals surface area contributed by atoms with Gasteiger partial charge in [-0.15, -0.1) is 0 Å². The number of anilines is 1. The maximum Gasteiger partial charge on any atom is 0.303 e. The van der Waals surface area contributed by atoms with E-state index in [4.69, 9.17) is 5.11 Å². The molecule has 6 heteroatoms. The van der Waals surface area contributed by atoms with E-state index in [1.54, 1.807) is 38.4 Å². The number of nitrogens with zero attached hydrogens (tertiary/aromatic N) is 2. The number of carboxylic acids is 1. The molecule has 1 N–H and O–H groups in total. The van der Waals surface area contributed by atoms with Crippen molar-refractivity contribution in [2.75, 3.05) is 25.5 Å². The smallest absolute Gasteiger partial charge is 0.303 e. The Morgan fingerprint density at radius 1 is 0.885 bits per heavy atom. The molecule has 0 spiro atoms. The number of rotatable bonds is 7. The van der Waals surface area contributed by atoms with Crippen molar-refractivity contribution in [2.24, 2.45) is 0 Å². The number of para-hydroxylation sites is 1. The van der Waals surface area contributed by atoms with Crippen LogP contribution in [0.15, 0.2) is 54.6 Å². The van der Waals surface area contributed by atoms with Crippen LogP contribution in [0.3, 0.4) is 0 Å². The van der Waals surface area contributed by atoms with Crippen LogP contribution in [0.4, 0.5) is 5.69 Å². The molecule has 0 heterocycles. The Labute approximate surface area is 152 Å². The molecule has 136 valence electrons. The van der Waals surface area contributed by atoms with Crippen LogP contribution in [0, 0.1) is 0 Å². The van der Waals surface area contributed by atoms with Crippen LogP contribution < -0.4 is 4.90 Å². The third-order valence-electron chi connectivity index (χ3n) is 4.04. The predicted molar refractivity (Wildman–Crippen MR) is 99.4 cm³/mol. The lowest BCUT2D eigenvalue weighted by atomic mass is 10.1. The van der Waals surface area contributed by atoms with Gasteiger partial charge >= 0.3 is 5.97 Å². The second-order valence-corrected chi connectivity index (χ2v) is 6.00. The summed E-state index contributed by atoms with van der Waals surface area (Å²) in [5, 5.41) is 8.68. The third kappa shape index (κ3) is 4.92. The Bertz CT molecular complexity index is 789. The number of carbonyl (C=O) groups is 3. The number of carbonyl (C=O) groups excluding carboxylic acids is 2. The van der Waals surface area contributed by atoms with Crippen molar-refractivity contribution in [3.63, 3.8) is 0 Å². The molecular formula is C20H22N2O4. The van der Waals surface area contributed by atoms with Gasteiger partial charge in [0, 0.05) is 43.9 Å². The fourth-order valence-corrected chi connectivity index (χ4v) is 2.54. The molecule has 0 saturated heterocycles. The first-order valence-corrected chi connectivity index (χ1v) is 8.30. The molecule has 0 atom stereocenters. The van der Waals surface area contributed by atoms with Gasteiger partial charge in [-0.05, 0) is 36.8 Å². The number of benzene rings is 2. The molecule has 26 heavy (non-hydrogen) atoms. The van der Waals surface area contributed by atoms with Crippen molar-refractivity contribution in [3.05, 3.63) is 65.7 Å². The van der Waals surface area contributed by atoms with Crippen molar-refractivity contribution in [1.29, 1.82) is 0 Å². The molecule has 0 saturated carbocycles. The van der Waals surface area contributed by atoms with Gasteiger partial charge in [0.2, 0.25) is 0 Å². The van der Waals surface area contributed by atoms with Gasteiger partial charge in [0.15, 0.2) is 0 Å². The van der Waals surface area contributed by atoms with Gasteiger partial charge < -0.3 is 14.9 Å². The fraction of sp³-hybridized carbons (Fsp3) is 0.250. The van der Waals surface area contributed by atoms with Crippen LogP contribution in [0.2, 0.25) is 0 Å². The zero-order valence-electron chi connectivity index (χ0n) is 14.9. The van der Waals surface area contributed by atoms with E-state index in [-0.39, 0.29) is 18.2 Å². The number of hydrogen-bond acceptors (Lipinski definition) is 3. The molecule has 0 aliphatic heterocycles. The Morgan fingerprint density at radius 2 is 1.50 bits per heavy atom. The lowest BCUT2D eigenvalue weighted by Crippen LogP contribution is -2.29. The zero-order chi connectivity index (χ0) is 19.1. The predicted octanol–water partition coefficient (Wildman–Crippen LogP) is 2.90. The Hall–Kier alpha value is -3.15. The van der Waals surface area contributed by atoms with Crippen LogP contribution >= 0.6 is 0 Å². The maximum atomic E-state index is 12.7. The molecule has 0 aromatic heterocycles. The maximum absolute atomic E-state index is 12.7. The first kappa shape index (κ1) is 19.2. The molecule has 0 aliphatic rings. The molecule has 0 aliphatic carbocycles. The van der Waals surface area contributed by atoms with Crippen LogP contribution in [-0.4, -0.2) is 48.4 Å². The minimum absolute atomic E-state index is 0.0119. The Morgan fingerprint density at radius 3 is 2.12 bits per heavy atom. The van der Waals surface area contributed by atoms with E-state index in [1.165, 1.54) is 9.80 Å². The van der Waals surface area contributed by atoms with E-state index in [2.05, 4.69) is 0 Å². The third-order valence-corrected chi connectivity index (χ3v) is 4.04. The molecule has 2 rings (SSSR count). The molecule has 0 fully saturated rings.